The van der Waals surface area contributed by atoms with Crippen LogP contribution in [0.2, 0.25) is 5.02 Å². The van der Waals surface area contributed by atoms with E-state index in [1.807, 2.05) is 48.9 Å². The second-order valence-corrected chi connectivity index (χ2v) is 7.42. The van der Waals surface area contributed by atoms with Crippen molar-refractivity contribution < 1.29 is 14.4 Å². The third-order valence-electron chi connectivity index (χ3n) is 5.14. The largest absolute Gasteiger partial charge is 0.334 e. The summed E-state index contributed by atoms with van der Waals surface area (Å²) < 4.78 is 0. The third-order valence-corrected chi connectivity index (χ3v) is 5.47. The van der Waals surface area contributed by atoms with Gasteiger partial charge in [0.15, 0.2) is 6.29 Å². The van der Waals surface area contributed by atoms with Crippen LogP contribution in [0.15, 0.2) is 36.4 Å². The van der Waals surface area contributed by atoms with E-state index in [0.29, 0.717) is 22.3 Å². The normalized spacial score (nSPS) is 15.2. The van der Waals surface area contributed by atoms with Crippen LogP contribution < -0.4 is 0 Å². The number of likely N-dealkylation sites (tertiary alicyclic amines) is 1. The van der Waals surface area contributed by atoms with Gasteiger partial charge >= 0.3 is 0 Å². The van der Waals surface area contributed by atoms with Crippen molar-refractivity contribution in [3.63, 3.8) is 0 Å². The van der Waals surface area contributed by atoms with Gasteiger partial charge in [0.25, 0.3) is 5.91 Å². The Bertz CT molecular complexity index is 806. The fourth-order valence-electron chi connectivity index (χ4n) is 3.43. The molecule has 30 heavy (non-hydrogen) atoms. The molecular weight excluding hydrogens is 400 g/mol. The fraction of sp³-hybridized carbons (Fsp3) is 0.417. The third kappa shape index (κ3) is 7.06. The Morgan fingerprint density at radius 2 is 1.90 bits per heavy atom. The summed E-state index contributed by atoms with van der Waals surface area (Å²) in [6, 6.07) is 11.5. The molecule has 0 bridgehead atoms. The van der Waals surface area contributed by atoms with Crippen molar-refractivity contribution in [3.8, 4) is 0 Å². The molecule has 0 N–H and O–H groups in total. The minimum absolute atomic E-state index is 0.108. The number of aryl methyl sites for hydroxylation is 2. The minimum atomic E-state index is 0.108. The minimum Gasteiger partial charge on any atom is -0.334 e. The van der Waals surface area contributed by atoms with Crippen LogP contribution in [0.4, 0.5) is 0 Å². The van der Waals surface area contributed by atoms with Gasteiger partial charge < -0.3 is 9.69 Å². The maximum atomic E-state index is 12.5. The van der Waals surface area contributed by atoms with Crippen molar-refractivity contribution in [2.45, 2.75) is 58.9 Å². The summed E-state index contributed by atoms with van der Waals surface area (Å²) in [5.41, 5.74) is 3.10. The zero-order valence-corrected chi connectivity index (χ0v) is 18.8. The van der Waals surface area contributed by atoms with Gasteiger partial charge in [-0.3, -0.25) is 9.59 Å². The van der Waals surface area contributed by atoms with Crippen LogP contribution in [0.3, 0.4) is 0 Å². The zero-order valence-electron chi connectivity index (χ0n) is 18.1. The molecule has 1 unspecified atom stereocenters. The summed E-state index contributed by atoms with van der Waals surface area (Å²) in [6.07, 6.45) is 6.19. The number of aromatic nitrogens is 1. The van der Waals surface area contributed by atoms with Gasteiger partial charge in [0.1, 0.15) is 12.5 Å². The standard InChI is InChI=1S/C15H22N2O.C8H7ClO.CH2O/c1-3-12-8-7-10-14(16-12)15(18)17-11-6-5-9-13(17)4-2;1-6-3-2-4-8(9)7(6)5-10;1-2/h7-8,10,13H,3-6,9,11H2,1-2H3;2-5H,1H3;1H2. The average Bonchev–Trinajstić information content (AvgIpc) is 2.80. The maximum Gasteiger partial charge on any atom is 0.272 e. The Hall–Kier alpha value is -2.53. The number of aldehydes is 1. The quantitative estimate of drug-likeness (QED) is 0.615. The molecule has 2 heterocycles. The Labute approximate surface area is 184 Å². The number of amides is 1. The fourth-order valence-corrected chi connectivity index (χ4v) is 3.70. The molecule has 1 atom stereocenters. The first-order valence-corrected chi connectivity index (χ1v) is 10.7. The number of hydrogen-bond donors (Lipinski definition) is 0. The number of carbonyl (C=O) groups is 3. The van der Waals surface area contributed by atoms with Crippen LogP contribution >= 0.6 is 11.6 Å². The smallest absolute Gasteiger partial charge is 0.272 e. The molecule has 0 spiro atoms. The zero-order chi connectivity index (χ0) is 22.5. The highest BCUT2D eigenvalue weighted by Crippen LogP contribution is 2.21. The molecule has 162 valence electrons. The molecule has 2 aromatic rings. The van der Waals surface area contributed by atoms with E-state index in [1.54, 1.807) is 6.07 Å². The van der Waals surface area contributed by atoms with Crippen molar-refractivity contribution in [2.75, 3.05) is 6.54 Å². The molecule has 1 saturated heterocycles. The summed E-state index contributed by atoms with van der Waals surface area (Å²) in [4.78, 5) is 37.3. The lowest BCUT2D eigenvalue weighted by Crippen LogP contribution is -2.43. The van der Waals surface area contributed by atoms with Gasteiger partial charge in [0, 0.05) is 23.8 Å². The van der Waals surface area contributed by atoms with E-state index in [-0.39, 0.29) is 5.91 Å². The SMILES string of the molecule is C=O.CCc1cccc(C(=O)N2CCCCC2CC)n1.Cc1cccc(Cl)c1C=O. The lowest BCUT2D eigenvalue weighted by Gasteiger charge is -2.35. The van der Waals surface area contributed by atoms with E-state index in [9.17, 15) is 9.59 Å². The first-order chi connectivity index (χ1) is 14.5. The van der Waals surface area contributed by atoms with E-state index in [1.165, 1.54) is 6.42 Å². The molecule has 1 aromatic carbocycles. The highest BCUT2D eigenvalue weighted by molar-refractivity contribution is 6.33. The van der Waals surface area contributed by atoms with E-state index >= 15 is 0 Å². The van der Waals surface area contributed by atoms with Gasteiger partial charge in [-0.1, -0.05) is 43.6 Å². The molecule has 6 heteroatoms. The van der Waals surface area contributed by atoms with Gasteiger partial charge in [-0.2, -0.15) is 0 Å². The number of nitrogens with zero attached hydrogens (tertiary/aromatic N) is 2. The van der Waals surface area contributed by atoms with E-state index in [0.717, 1.165) is 49.8 Å². The summed E-state index contributed by atoms with van der Waals surface area (Å²) in [5.74, 6) is 0.108. The van der Waals surface area contributed by atoms with E-state index < -0.39 is 0 Å². The first kappa shape index (κ1) is 25.5. The molecule has 0 saturated carbocycles. The van der Waals surface area contributed by atoms with Crippen LogP contribution in [0.5, 0.6) is 0 Å². The van der Waals surface area contributed by atoms with Crippen molar-refractivity contribution in [2.24, 2.45) is 0 Å². The Balaban J connectivity index is 0.000000318. The molecule has 0 aliphatic carbocycles. The second-order valence-electron chi connectivity index (χ2n) is 7.01. The van der Waals surface area contributed by atoms with Crippen molar-refractivity contribution >= 4 is 30.6 Å². The molecule has 1 aromatic heterocycles. The molecule has 1 amide bonds. The monoisotopic (exact) mass is 430 g/mol. The lowest BCUT2D eigenvalue weighted by molar-refractivity contribution is -0.0980. The maximum absolute atomic E-state index is 12.5. The number of benzene rings is 1. The van der Waals surface area contributed by atoms with Crippen LogP contribution in [0.25, 0.3) is 0 Å². The number of piperidine rings is 1. The molecule has 1 fully saturated rings. The number of rotatable bonds is 4. The lowest BCUT2D eigenvalue weighted by atomic mass is 9.99. The van der Waals surface area contributed by atoms with E-state index in [2.05, 4.69) is 18.8 Å². The summed E-state index contributed by atoms with van der Waals surface area (Å²) in [5, 5.41) is 0.523. The van der Waals surface area contributed by atoms with Gasteiger partial charge in [-0.25, -0.2) is 4.98 Å². The highest BCUT2D eigenvalue weighted by atomic mass is 35.5. The number of carbonyl (C=O) groups excluding carboxylic acids is 3. The molecule has 1 aliphatic rings. The second kappa shape index (κ2) is 13.6. The van der Waals surface area contributed by atoms with Gasteiger partial charge in [-0.15, -0.1) is 0 Å². The number of pyridine rings is 1. The molecular formula is C24H31ClN2O3. The summed E-state index contributed by atoms with van der Waals surface area (Å²) >= 11 is 5.70. The summed E-state index contributed by atoms with van der Waals surface area (Å²) in [7, 11) is 0. The van der Waals surface area contributed by atoms with Crippen molar-refractivity contribution in [3.05, 3.63) is 63.9 Å². The highest BCUT2D eigenvalue weighted by Gasteiger charge is 2.26. The van der Waals surface area contributed by atoms with Gasteiger partial charge in [0.05, 0.1) is 5.02 Å². The van der Waals surface area contributed by atoms with E-state index in [4.69, 9.17) is 16.4 Å². The van der Waals surface area contributed by atoms with Crippen LogP contribution in [0.1, 0.15) is 71.6 Å². The summed E-state index contributed by atoms with van der Waals surface area (Å²) in [6.45, 7) is 8.96. The van der Waals surface area contributed by atoms with Crippen LogP contribution in [-0.4, -0.2) is 41.5 Å². The molecule has 1 aliphatic heterocycles. The van der Waals surface area contributed by atoms with Crippen molar-refractivity contribution in [1.29, 1.82) is 0 Å². The predicted octanol–water partition coefficient (Wildman–Crippen LogP) is 5.32. The van der Waals surface area contributed by atoms with Gasteiger partial charge in [0.2, 0.25) is 0 Å². The topological polar surface area (TPSA) is 67.3 Å². The van der Waals surface area contributed by atoms with Crippen LogP contribution in [0, 0.1) is 6.92 Å². The Kier molecular flexibility index (Phi) is 11.6. The Morgan fingerprint density at radius 1 is 1.20 bits per heavy atom. The first-order valence-electron chi connectivity index (χ1n) is 10.3. The number of halogens is 1. The number of hydrogen-bond acceptors (Lipinski definition) is 4. The Morgan fingerprint density at radius 3 is 2.47 bits per heavy atom. The average molecular weight is 431 g/mol. The van der Waals surface area contributed by atoms with Gasteiger partial charge in [-0.05, 0) is 62.8 Å². The molecule has 0 radical (unpaired) electrons. The van der Waals surface area contributed by atoms with Crippen molar-refractivity contribution in [1.82, 2.24) is 9.88 Å². The predicted molar refractivity (Wildman–Crippen MR) is 121 cm³/mol. The molecule has 3 rings (SSSR count). The molecule has 5 nitrogen and oxygen atoms in total. The van der Waals surface area contributed by atoms with Crippen LogP contribution in [-0.2, 0) is 11.2 Å².